The van der Waals surface area contributed by atoms with Crippen LogP contribution < -0.4 is 5.32 Å². The van der Waals surface area contributed by atoms with Gasteiger partial charge in [-0.05, 0) is 26.0 Å². The van der Waals surface area contributed by atoms with Crippen LogP contribution in [0.1, 0.15) is 36.0 Å². The molecule has 1 N–H and O–H groups in total. The maximum absolute atomic E-state index is 14.0. The number of amides is 2. The molecule has 6 rings (SSSR count). The van der Waals surface area contributed by atoms with E-state index in [-0.39, 0.29) is 22.7 Å². The van der Waals surface area contributed by atoms with Gasteiger partial charge >= 0.3 is 12.0 Å². The predicted octanol–water partition coefficient (Wildman–Crippen LogP) is 5.26. The van der Waals surface area contributed by atoms with E-state index in [0.29, 0.717) is 60.5 Å². The Balaban J connectivity index is 1.25. The number of amidine groups is 1. The Morgan fingerprint density at radius 3 is 2.70 bits per heavy atom. The third kappa shape index (κ3) is 6.58. The molecule has 1 aromatic heterocycles. The monoisotopic (exact) mass is 671 g/mol. The molecule has 2 atom stereocenters. The average molecular weight is 672 g/mol. The maximum Gasteiger partial charge on any atom is 0.338 e. The van der Waals surface area contributed by atoms with Gasteiger partial charge in [-0.25, -0.2) is 23.8 Å². The van der Waals surface area contributed by atoms with Crippen molar-refractivity contribution >= 4 is 46.5 Å². The lowest BCUT2D eigenvalue weighted by molar-refractivity contribution is -0.136. The first kappa shape index (κ1) is 32.2. The number of thiazole rings is 1. The Morgan fingerprint density at radius 1 is 1.23 bits per heavy atom. The highest BCUT2D eigenvalue weighted by Gasteiger charge is 2.46. The fourth-order valence-corrected chi connectivity index (χ4v) is 6.84. The number of halogens is 2. The number of rotatable bonds is 6. The Labute approximate surface area is 281 Å². The molecular formula is C34H31ClFN7O3S. The molecule has 10 nitrogen and oxygen atoms in total. The minimum absolute atomic E-state index is 0.0632. The number of ether oxygens (including phenoxy) is 1. The largest absolute Gasteiger partial charge is 0.466 e. The number of nitrogens with one attached hydrogen (secondary N) is 1. The number of nitrogens with zero attached hydrogens (tertiary/aromatic N) is 6. The molecule has 0 unspecified atom stereocenters. The van der Waals surface area contributed by atoms with Crippen LogP contribution in [0.3, 0.4) is 0 Å². The molecule has 0 saturated carbocycles. The van der Waals surface area contributed by atoms with E-state index in [1.54, 1.807) is 35.4 Å². The Hall–Kier alpha value is -4.75. The molecule has 4 heterocycles. The van der Waals surface area contributed by atoms with Crippen molar-refractivity contribution in [2.45, 2.75) is 31.5 Å². The third-order valence-electron chi connectivity index (χ3n) is 8.43. The molecule has 2 aromatic carbocycles. The second-order valence-electron chi connectivity index (χ2n) is 11.8. The summed E-state index contributed by atoms with van der Waals surface area (Å²) in [5.74, 6) is 5.81. The van der Waals surface area contributed by atoms with Crippen LogP contribution >= 0.6 is 22.9 Å². The van der Waals surface area contributed by atoms with E-state index in [4.69, 9.17) is 27.9 Å². The van der Waals surface area contributed by atoms with Crippen molar-refractivity contribution in [1.29, 1.82) is 0 Å². The molecule has 0 bridgehead atoms. The molecule has 0 radical (unpaired) electrons. The average Bonchev–Trinajstić information content (AvgIpc) is 3.72. The number of aromatic nitrogens is 1. The molecule has 3 aromatic rings. The molecule has 0 spiro atoms. The van der Waals surface area contributed by atoms with E-state index in [9.17, 15) is 14.0 Å². The van der Waals surface area contributed by atoms with Crippen LogP contribution in [0.4, 0.5) is 14.9 Å². The van der Waals surface area contributed by atoms with E-state index in [1.165, 1.54) is 36.6 Å². The van der Waals surface area contributed by atoms with Gasteiger partial charge in [0, 0.05) is 66.1 Å². The Bertz CT molecular complexity index is 1880. The van der Waals surface area contributed by atoms with Gasteiger partial charge in [-0.1, -0.05) is 53.8 Å². The van der Waals surface area contributed by atoms with E-state index in [0.717, 1.165) is 5.56 Å². The third-order valence-corrected chi connectivity index (χ3v) is 9.53. The first-order valence-corrected chi connectivity index (χ1v) is 16.2. The number of aliphatic imine (C=N–C) groups is 1. The standard InChI is InChI=1S/C34H31ClFN7O3S/c1-34(2,12-11-21-5-8-23(37-3)9-6-21)43-19-24-18-41(14-15-42(24)33(43)45)20-27-28(32(44)46-4)29(25-10-7-22(36)17-26(25)35)40-30(39-27)31-38-13-16-47-31/h5-10,13,16-17,24,29H,14-15,18-20H2,1-2,4H3,(H,39,40)/t24-,29-/m0/s1. The lowest BCUT2D eigenvalue weighted by Gasteiger charge is -2.38. The smallest absolute Gasteiger partial charge is 0.338 e. The van der Waals surface area contributed by atoms with E-state index >= 15 is 0 Å². The number of hydrogen-bond donors (Lipinski definition) is 1. The van der Waals surface area contributed by atoms with Gasteiger partial charge in [0.05, 0.1) is 25.3 Å². The fraction of sp³-hybridized carbons (Fsp3) is 0.324. The van der Waals surface area contributed by atoms with Crippen LogP contribution in [0.15, 0.2) is 70.3 Å². The quantitative estimate of drug-likeness (QED) is 0.219. The summed E-state index contributed by atoms with van der Waals surface area (Å²) in [6.45, 7) is 13.5. The van der Waals surface area contributed by atoms with Crippen LogP contribution in [0.5, 0.6) is 0 Å². The molecule has 2 saturated heterocycles. The number of esters is 1. The summed E-state index contributed by atoms with van der Waals surface area (Å²) >= 11 is 7.89. The van der Waals surface area contributed by atoms with Gasteiger partial charge in [-0.15, -0.1) is 11.3 Å². The maximum atomic E-state index is 14.0. The predicted molar refractivity (Wildman–Crippen MR) is 178 cm³/mol. The number of carbonyl (C=O) groups is 2. The second kappa shape index (κ2) is 13.2. The lowest BCUT2D eigenvalue weighted by Crippen LogP contribution is -2.53. The summed E-state index contributed by atoms with van der Waals surface area (Å²) in [6, 6.07) is 10.1. The van der Waals surface area contributed by atoms with E-state index in [1.807, 2.05) is 24.1 Å². The summed E-state index contributed by atoms with van der Waals surface area (Å²) in [5, 5.41) is 5.93. The van der Waals surface area contributed by atoms with Gasteiger partial charge in [0.25, 0.3) is 0 Å². The number of urea groups is 1. The van der Waals surface area contributed by atoms with Crippen LogP contribution in [0.2, 0.25) is 5.02 Å². The number of piperazine rings is 1. The van der Waals surface area contributed by atoms with Crippen LogP contribution in [0.25, 0.3) is 4.85 Å². The van der Waals surface area contributed by atoms with Crippen molar-refractivity contribution in [3.8, 4) is 11.8 Å². The number of hydrogen-bond acceptors (Lipinski definition) is 8. The lowest BCUT2D eigenvalue weighted by atomic mass is 9.95. The summed E-state index contributed by atoms with van der Waals surface area (Å²) in [4.78, 5) is 45.4. The van der Waals surface area contributed by atoms with Gasteiger partial charge in [-0.2, -0.15) is 0 Å². The summed E-state index contributed by atoms with van der Waals surface area (Å²) in [7, 11) is 1.31. The van der Waals surface area contributed by atoms with Crippen molar-refractivity contribution in [3.05, 3.63) is 104 Å². The number of benzene rings is 2. The molecular weight excluding hydrogens is 641 g/mol. The molecule has 13 heteroatoms. The number of fused-ring (bicyclic) bond motifs is 1. The van der Waals surface area contributed by atoms with Crippen molar-refractivity contribution in [3.63, 3.8) is 0 Å². The van der Waals surface area contributed by atoms with Gasteiger partial charge in [0.1, 0.15) is 17.4 Å². The zero-order valence-corrected chi connectivity index (χ0v) is 27.5. The van der Waals surface area contributed by atoms with Gasteiger partial charge in [-0.3, -0.25) is 9.89 Å². The minimum Gasteiger partial charge on any atom is -0.466 e. The minimum atomic E-state index is -0.854. The Morgan fingerprint density at radius 2 is 2.02 bits per heavy atom. The molecule has 2 fully saturated rings. The summed E-state index contributed by atoms with van der Waals surface area (Å²) in [5.41, 5.74) is 1.90. The van der Waals surface area contributed by atoms with Crippen LogP contribution in [-0.2, 0) is 9.53 Å². The van der Waals surface area contributed by atoms with E-state index < -0.39 is 23.4 Å². The summed E-state index contributed by atoms with van der Waals surface area (Å²) < 4.78 is 19.2. The van der Waals surface area contributed by atoms with Crippen molar-refractivity contribution in [2.24, 2.45) is 4.99 Å². The fourth-order valence-electron chi connectivity index (χ4n) is 5.99. The second-order valence-corrected chi connectivity index (χ2v) is 13.1. The molecule has 3 aliphatic rings. The zero-order valence-electron chi connectivity index (χ0n) is 26.0. The van der Waals surface area contributed by atoms with Crippen molar-refractivity contribution in [1.82, 2.24) is 25.0 Å². The molecule has 240 valence electrons. The highest BCUT2D eigenvalue weighted by Crippen LogP contribution is 2.37. The molecule has 3 aliphatic heterocycles. The number of carbonyl (C=O) groups excluding carboxylic acids is 2. The van der Waals surface area contributed by atoms with Crippen molar-refractivity contribution in [2.75, 3.05) is 39.8 Å². The molecule has 47 heavy (non-hydrogen) atoms. The number of methoxy groups -OCH3 is 1. The van der Waals surface area contributed by atoms with Gasteiger partial charge in [0.2, 0.25) is 0 Å². The highest BCUT2D eigenvalue weighted by atomic mass is 35.5. The molecule has 2 amide bonds. The highest BCUT2D eigenvalue weighted by molar-refractivity contribution is 7.11. The molecule has 0 aliphatic carbocycles. The van der Waals surface area contributed by atoms with E-state index in [2.05, 4.69) is 31.9 Å². The topological polar surface area (TPSA) is 94.7 Å². The van der Waals surface area contributed by atoms with Crippen LogP contribution in [0, 0.1) is 24.2 Å². The first-order valence-electron chi connectivity index (χ1n) is 14.9. The summed E-state index contributed by atoms with van der Waals surface area (Å²) in [6.07, 6.45) is 1.67. The van der Waals surface area contributed by atoms with Crippen molar-refractivity contribution < 1.29 is 18.7 Å². The van der Waals surface area contributed by atoms with Gasteiger partial charge < -0.3 is 19.9 Å². The SMILES string of the molecule is [C-]#[N+]c1ccc(C#CC(C)(C)N2C[C@@H]3CN(CC4=C(C(=O)OC)[C@H](c5ccc(F)cc5Cl)N=C(c5nccs5)N4)CCN3C2=O)cc1. The zero-order chi connectivity index (χ0) is 33.3. The normalized spacial score (nSPS) is 19.7. The first-order chi connectivity index (χ1) is 22.6. The van der Waals surface area contributed by atoms with Crippen LogP contribution in [-0.4, -0.2) is 88.9 Å². The van der Waals surface area contributed by atoms with Gasteiger partial charge in [0.15, 0.2) is 16.5 Å². The Kier molecular flexibility index (Phi) is 9.02.